The maximum atomic E-state index is 11.9. The Morgan fingerprint density at radius 2 is 1.95 bits per heavy atom. The van der Waals surface area contributed by atoms with Gasteiger partial charge in [-0.25, -0.2) is 0 Å². The van der Waals surface area contributed by atoms with E-state index in [2.05, 4.69) is 10.6 Å². The van der Waals surface area contributed by atoms with Crippen LogP contribution in [0.2, 0.25) is 5.02 Å². The molecule has 0 radical (unpaired) electrons. The summed E-state index contributed by atoms with van der Waals surface area (Å²) in [4.78, 5) is 13.8. The van der Waals surface area contributed by atoms with Gasteiger partial charge >= 0.3 is 0 Å². The maximum Gasteiger partial charge on any atom is 0.238 e. The Balaban J connectivity index is 2.77. The summed E-state index contributed by atoms with van der Waals surface area (Å²) in [5.41, 5.74) is 1.45. The molecule has 0 aromatic heterocycles. The zero-order valence-corrected chi connectivity index (χ0v) is 12.9. The fourth-order valence-corrected chi connectivity index (χ4v) is 1.95. The zero-order chi connectivity index (χ0) is 14.6. The summed E-state index contributed by atoms with van der Waals surface area (Å²) in [7, 11) is 3.79. The van der Waals surface area contributed by atoms with Gasteiger partial charge in [0.05, 0.1) is 22.9 Å². The number of halogens is 1. The maximum absolute atomic E-state index is 11.9. The molecule has 5 heteroatoms. The van der Waals surface area contributed by atoms with E-state index in [1.54, 1.807) is 6.07 Å². The van der Waals surface area contributed by atoms with Gasteiger partial charge in [-0.1, -0.05) is 17.7 Å². The van der Waals surface area contributed by atoms with Crippen LogP contribution in [0.3, 0.4) is 0 Å². The van der Waals surface area contributed by atoms with Crippen molar-refractivity contribution < 1.29 is 4.79 Å². The minimum absolute atomic E-state index is 0.0831. The predicted molar refractivity (Wildman–Crippen MR) is 82.2 cm³/mol. The van der Waals surface area contributed by atoms with E-state index in [9.17, 15) is 4.79 Å². The number of nitrogens with zero attached hydrogens (tertiary/aromatic N) is 1. The van der Waals surface area contributed by atoms with E-state index in [-0.39, 0.29) is 18.0 Å². The SMILES string of the molecule is CN(C)c1c(Cl)cccc1NC(=O)CNC(C)(C)C. The summed E-state index contributed by atoms with van der Waals surface area (Å²) in [5.74, 6) is -0.0831. The third kappa shape index (κ3) is 5.09. The molecule has 106 valence electrons. The molecule has 1 amide bonds. The molecule has 0 aliphatic rings. The average molecular weight is 284 g/mol. The van der Waals surface area contributed by atoms with Crippen molar-refractivity contribution >= 4 is 28.9 Å². The van der Waals surface area contributed by atoms with E-state index in [1.165, 1.54) is 0 Å². The molecule has 1 aromatic carbocycles. The van der Waals surface area contributed by atoms with E-state index in [4.69, 9.17) is 11.6 Å². The fraction of sp³-hybridized carbons (Fsp3) is 0.500. The summed E-state index contributed by atoms with van der Waals surface area (Å²) >= 11 is 6.15. The highest BCUT2D eigenvalue weighted by atomic mass is 35.5. The lowest BCUT2D eigenvalue weighted by Gasteiger charge is -2.22. The molecule has 1 rings (SSSR count). The summed E-state index contributed by atoms with van der Waals surface area (Å²) < 4.78 is 0. The van der Waals surface area contributed by atoms with Crippen molar-refractivity contribution in [2.75, 3.05) is 30.9 Å². The third-order valence-corrected chi connectivity index (χ3v) is 2.79. The molecule has 0 atom stereocenters. The molecule has 1 aromatic rings. The molecule has 19 heavy (non-hydrogen) atoms. The first-order valence-corrected chi connectivity index (χ1v) is 6.59. The minimum atomic E-state index is -0.0873. The number of hydrogen-bond donors (Lipinski definition) is 2. The second-order valence-electron chi connectivity index (χ2n) is 5.68. The van der Waals surface area contributed by atoms with Gasteiger partial charge in [-0.15, -0.1) is 0 Å². The molecular weight excluding hydrogens is 262 g/mol. The first kappa shape index (κ1) is 15.8. The van der Waals surface area contributed by atoms with Crippen LogP contribution in [-0.4, -0.2) is 32.1 Å². The minimum Gasteiger partial charge on any atom is -0.375 e. The van der Waals surface area contributed by atoms with Crippen molar-refractivity contribution in [1.82, 2.24) is 5.32 Å². The molecule has 0 aliphatic heterocycles. The van der Waals surface area contributed by atoms with Crippen LogP contribution in [0.15, 0.2) is 18.2 Å². The van der Waals surface area contributed by atoms with Gasteiger partial charge in [-0.3, -0.25) is 4.79 Å². The van der Waals surface area contributed by atoms with Crippen molar-refractivity contribution in [1.29, 1.82) is 0 Å². The lowest BCUT2D eigenvalue weighted by Crippen LogP contribution is -2.41. The van der Waals surface area contributed by atoms with Crippen LogP contribution < -0.4 is 15.5 Å². The van der Waals surface area contributed by atoms with Gasteiger partial charge in [-0.05, 0) is 32.9 Å². The van der Waals surface area contributed by atoms with Gasteiger partial charge in [0.15, 0.2) is 0 Å². The molecule has 0 bridgehead atoms. The Kier molecular flexibility index (Phi) is 5.20. The molecule has 0 fully saturated rings. The van der Waals surface area contributed by atoms with Crippen LogP contribution in [0.1, 0.15) is 20.8 Å². The van der Waals surface area contributed by atoms with Gasteiger partial charge < -0.3 is 15.5 Å². The number of carbonyl (C=O) groups is 1. The van der Waals surface area contributed by atoms with E-state index in [1.807, 2.05) is 51.9 Å². The van der Waals surface area contributed by atoms with E-state index in [0.29, 0.717) is 5.02 Å². The van der Waals surface area contributed by atoms with Crippen molar-refractivity contribution in [3.63, 3.8) is 0 Å². The lowest BCUT2D eigenvalue weighted by atomic mass is 10.1. The third-order valence-electron chi connectivity index (χ3n) is 2.49. The van der Waals surface area contributed by atoms with E-state index >= 15 is 0 Å². The highest BCUT2D eigenvalue weighted by Crippen LogP contribution is 2.32. The molecule has 0 saturated carbocycles. The summed E-state index contributed by atoms with van der Waals surface area (Å²) in [6, 6.07) is 5.47. The molecule has 0 spiro atoms. The zero-order valence-electron chi connectivity index (χ0n) is 12.2. The van der Waals surface area contributed by atoms with Gasteiger partial charge in [0.2, 0.25) is 5.91 Å². The van der Waals surface area contributed by atoms with Gasteiger partial charge in [0.1, 0.15) is 0 Å². The summed E-state index contributed by atoms with van der Waals surface area (Å²) in [6.07, 6.45) is 0. The quantitative estimate of drug-likeness (QED) is 0.893. The lowest BCUT2D eigenvalue weighted by molar-refractivity contribution is -0.115. The number of amides is 1. The number of anilines is 2. The summed E-state index contributed by atoms with van der Waals surface area (Å²) in [6.45, 7) is 6.32. The van der Waals surface area contributed by atoms with Crippen molar-refractivity contribution in [3.05, 3.63) is 23.2 Å². The largest absolute Gasteiger partial charge is 0.375 e. The predicted octanol–water partition coefficient (Wildman–Crippen LogP) is 2.73. The summed E-state index contributed by atoms with van der Waals surface area (Å²) in [5, 5.41) is 6.64. The molecule has 2 N–H and O–H groups in total. The van der Waals surface area contributed by atoms with Crippen molar-refractivity contribution in [3.8, 4) is 0 Å². The highest BCUT2D eigenvalue weighted by molar-refractivity contribution is 6.34. The second-order valence-corrected chi connectivity index (χ2v) is 6.09. The molecular formula is C14H22ClN3O. The van der Waals surface area contributed by atoms with E-state index in [0.717, 1.165) is 11.4 Å². The Morgan fingerprint density at radius 3 is 2.47 bits per heavy atom. The van der Waals surface area contributed by atoms with Crippen LogP contribution in [-0.2, 0) is 4.79 Å². The van der Waals surface area contributed by atoms with Crippen molar-refractivity contribution in [2.24, 2.45) is 0 Å². The topological polar surface area (TPSA) is 44.4 Å². The van der Waals surface area contributed by atoms with Gasteiger partial charge in [0, 0.05) is 19.6 Å². The Morgan fingerprint density at radius 1 is 1.32 bits per heavy atom. The first-order chi connectivity index (χ1) is 8.70. The Labute approximate surface area is 120 Å². The van der Waals surface area contributed by atoms with Crippen LogP contribution in [0.25, 0.3) is 0 Å². The number of hydrogen-bond acceptors (Lipinski definition) is 3. The normalized spacial score (nSPS) is 11.3. The van der Waals surface area contributed by atoms with Crippen molar-refractivity contribution in [2.45, 2.75) is 26.3 Å². The fourth-order valence-electron chi connectivity index (χ4n) is 1.61. The van der Waals surface area contributed by atoms with Gasteiger partial charge in [-0.2, -0.15) is 0 Å². The van der Waals surface area contributed by atoms with Crippen LogP contribution in [0, 0.1) is 0 Å². The number of para-hydroxylation sites is 1. The van der Waals surface area contributed by atoms with Crippen LogP contribution in [0.4, 0.5) is 11.4 Å². The van der Waals surface area contributed by atoms with Crippen LogP contribution in [0.5, 0.6) is 0 Å². The Hall–Kier alpha value is -1.26. The number of benzene rings is 1. The molecule has 0 heterocycles. The van der Waals surface area contributed by atoms with Gasteiger partial charge in [0.25, 0.3) is 0 Å². The number of carbonyl (C=O) groups excluding carboxylic acids is 1. The van der Waals surface area contributed by atoms with E-state index < -0.39 is 0 Å². The first-order valence-electron chi connectivity index (χ1n) is 6.21. The smallest absolute Gasteiger partial charge is 0.238 e. The number of nitrogens with one attached hydrogen (secondary N) is 2. The molecule has 0 aliphatic carbocycles. The highest BCUT2D eigenvalue weighted by Gasteiger charge is 2.14. The Bertz CT molecular complexity index is 452. The number of rotatable bonds is 4. The van der Waals surface area contributed by atoms with Crippen LogP contribution >= 0.6 is 11.6 Å². The molecule has 4 nitrogen and oxygen atoms in total. The standard InChI is InChI=1S/C14H22ClN3O/c1-14(2,3)16-9-12(19)17-11-8-6-7-10(15)13(11)18(4)5/h6-8,16H,9H2,1-5H3,(H,17,19). The second kappa shape index (κ2) is 6.26. The molecule has 0 saturated heterocycles. The average Bonchev–Trinajstić information content (AvgIpc) is 2.25. The molecule has 0 unspecified atom stereocenters. The monoisotopic (exact) mass is 283 g/mol.